The molecule has 48 heavy (non-hydrogen) atoms. The molecule has 0 amide bonds. The van der Waals surface area contributed by atoms with Gasteiger partial charge in [0.15, 0.2) is 5.82 Å². The molecule has 6 atom stereocenters. The van der Waals surface area contributed by atoms with Crippen molar-refractivity contribution in [3.8, 4) is 23.1 Å². The predicted molar refractivity (Wildman–Crippen MR) is 161 cm³/mol. The summed E-state index contributed by atoms with van der Waals surface area (Å²) in [7, 11) is 0. The zero-order valence-electron chi connectivity index (χ0n) is 26.2. The van der Waals surface area contributed by atoms with Gasteiger partial charge in [-0.3, -0.25) is 4.90 Å². The molecule has 0 radical (unpaired) electrons. The Hall–Kier alpha value is -3.66. The summed E-state index contributed by atoms with van der Waals surface area (Å²) in [5, 5.41) is 3.65. The molecule has 258 valence electrons. The molecule has 7 heterocycles. The highest BCUT2D eigenvalue weighted by molar-refractivity contribution is 5.97. The van der Waals surface area contributed by atoms with E-state index in [9.17, 15) is 26.3 Å². The number of ether oxygens (including phenoxy) is 2. The van der Waals surface area contributed by atoms with Crippen LogP contribution in [0.4, 0.5) is 42.2 Å². The number of nitrogens with zero attached hydrogens (tertiary/aromatic N) is 5. The van der Waals surface area contributed by atoms with Crippen molar-refractivity contribution < 1.29 is 40.2 Å². The number of hydrogen-bond acceptors (Lipinski definition) is 9. The molecule has 9 nitrogen and oxygen atoms in total. The Kier molecular flexibility index (Phi) is 7.19. The van der Waals surface area contributed by atoms with Crippen LogP contribution in [0.2, 0.25) is 0 Å². The Morgan fingerprint density at radius 1 is 1.12 bits per heavy atom. The zero-order valence-corrected chi connectivity index (χ0v) is 26.2. The van der Waals surface area contributed by atoms with Crippen LogP contribution in [-0.2, 0) is 6.18 Å². The molecule has 4 fully saturated rings. The molecule has 0 spiro atoms. The molecular weight excluding hydrogens is 647 g/mol. The number of pyridine rings is 1. The standard InChI is InChI=1S/C32H34F7N7O2/c1-13-21(32(37,38)39)16(10-17(40)22(13)33)24-23(34)25-20-28(45-11-15-4-5-18(41-15)26(45)14(2)48-29(20)42-24)44-30(43-25)47-12-31-7-3-9-46(31)19(6-8-31)27(35)36/h10,14-15,18-19,26-27,41H,3-9,11-12,40H2,1-2H3/t14-,15+,18-,19+,26+,31+/m0/s1. The number of nitrogens with one attached hydrogen (secondary N) is 1. The lowest BCUT2D eigenvalue weighted by Crippen LogP contribution is -2.62. The molecule has 0 unspecified atom stereocenters. The first-order valence-corrected chi connectivity index (χ1v) is 16.2. The Labute approximate surface area is 271 Å². The molecule has 0 aliphatic carbocycles. The number of nitrogen functional groups attached to an aromatic ring is 1. The van der Waals surface area contributed by atoms with E-state index >= 15 is 4.39 Å². The van der Waals surface area contributed by atoms with Crippen LogP contribution in [0.3, 0.4) is 0 Å². The lowest BCUT2D eigenvalue weighted by molar-refractivity contribution is -0.137. The van der Waals surface area contributed by atoms with Crippen molar-refractivity contribution in [3.05, 3.63) is 28.8 Å². The molecule has 1 aromatic carbocycles. The van der Waals surface area contributed by atoms with Crippen molar-refractivity contribution in [2.75, 3.05) is 30.3 Å². The predicted octanol–water partition coefficient (Wildman–Crippen LogP) is 5.61. The minimum atomic E-state index is -5.08. The number of hydrogen-bond donors (Lipinski definition) is 2. The number of aromatic nitrogens is 3. The lowest BCUT2D eigenvalue weighted by atomic mass is 9.95. The maximum atomic E-state index is 16.8. The largest absolute Gasteiger partial charge is 0.472 e. The van der Waals surface area contributed by atoms with Crippen LogP contribution in [0.1, 0.15) is 56.6 Å². The summed E-state index contributed by atoms with van der Waals surface area (Å²) >= 11 is 0. The van der Waals surface area contributed by atoms with E-state index in [2.05, 4.69) is 15.3 Å². The van der Waals surface area contributed by atoms with Gasteiger partial charge in [0, 0.05) is 24.2 Å². The quantitative estimate of drug-likeness (QED) is 0.263. The van der Waals surface area contributed by atoms with Crippen molar-refractivity contribution in [2.24, 2.45) is 0 Å². The van der Waals surface area contributed by atoms with E-state index in [4.69, 9.17) is 20.2 Å². The van der Waals surface area contributed by atoms with Crippen molar-refractivity contribution >= 4 is 22.4 Å². The summed E-state index contributed by atoms with van der Waals surface area (Å²) in [6.07, 6.45) is -4.29. The Morgan fingerprint density at radius 2 is 1.92 bits per heavy atom. The van der Waals surface area contributed by atoms with Gasteiger partial charge in [0.05, 0.1) is 28.9 Å². The first-order valence-electron chi connectivity index (χ1n) is 16.2. The van der Waals surface area contributed by atoms with Gasteiger partial charge in [0.25, 0.3) is 6.43 Å². The summed E-state index contributed by atoms with van der Waals surface area (Å²) in [6, 6.07) is -0.617. The van der Waals surface area contributed by atoms with Gasteiger partial charge in [0.1, 0.15) is 40.9 Å². The summed E-state index contributed by atoms with van der Waals surface area (Å²) in [5.74, 6) is -2.40. The van der Waals surface area contributed by atoms with Gasteiger partial charge < -0.3 is 25.4 Å². The average molecular weight is 682 g/mol. The minimum absolute atomic E-state index is 0.0150. The van der Waals surface area contributed by atoms with E-state index < -0.39 is 70.0 Å². The third-order valence-corrected chi connectivity index (χ3v) is 11.0. The third-order valence-electron chi connectivity index (χ3n) is 11.0. The lowest BCUT2D eigenvalue weighted by Gasteiger charge is -2.42. The number of fused-ring (bicyclic) bond motifs is 6. The van der Waals surface area contributed by atoms with E-state index in [1.54, 1.807) is 11.8 Å². The molecule has 2 aromatic heterocycles. The van der Waals surface area contributed by atoms with E-state index in [0.717, 1.165) is 19.8 Å². The van der Waals surface area contributed by atoms with Gasteiger partial charge in [0.2, 0.25) is 5.88 Å². The first-order chi connectivity index (χ1) is 22.8. The second kappa shape index (κ2) is 10.9. The summed E-state index contributed by atoms with van der Waals surface area (Å²) < 4.78 is 115. The topological polar surface area (TPSA) is 102 Å². The maximum absolute atomic E-state index is 16.8. The summed E-state index contributed by atoms with van der Waals surface area (Å²) in [6.45, 7) is 3.69. The fourth-order valence-electron chi connectivity index (χ4n) is 8.91. The van der Waals surface area contributed by atoms with Gasteiger partial charge in [-0.25, -0.2) is 22.5 Å². The highest BCUT2D eigenvalue weighted by atomic mass is 19.4. The van der Waals surface area contributed by atoms with Crippen LogP contribution in [0.15, 0.2) is 6.07 Å². The average Bonchev–Trinajstić information content (AvgIpc) is 3.69. The number of alkyl halides is 5. The van der Waals surface area contributed by atoms with Crippen LogP contribution in [-0.4, -0.2) is 81.8 Å². The van der Waals surface area contributed by atoms with Gasteiger partial charge in [-0.1, -0.05) is 0 Å². The maximum Gasteiger partial charge on any atom is 0.417 e. The van der Waals surface area contributed by atoms with E-state index in [0.29, 0.717) is 44.8 Å². The third kappa shape index (κ3) is 4.68. The van der Waals surface area contributed by atoms with Gasteiger partial charge in [-0.15, -0.1) is 0 Å². The number of halogens is 7. The summed E-state index contributed by atoms with van der Waals surface area (Å²) in [4.78, 5) is 17.2. The van der Waals surface area contributed by atoms with Crippen molar-refractivity contribution in [1.29, 1.82) is 0 Å². The van der Waals surface area contributed by atoms with Crippen molar-refractivity contribution in [2.45, 2.75) is 101 Å². The van der Waals surface area contributed by atoms with Crippen molar-refractivity contribution in [1.82, 2.24) is 25.2 Å². The number of nitrogens with two attached hydrogens (primary N) is 1. The van der Waals surface area contributed by atoms with E-state index in [1.165, 1.54) is 0 Å². The van der Waals surface area contributed by atoms with Crippen LogP contribution in [0.5, 0.6) is 11.9 Å². The van der Waals surface area contributed by atoms with Crippen LogP contribution >= 0.6 is 0 Å². The number of benzene rings is 1. The van der Waals surface area contributed by atoms with Crippen LogP contribution in [0, 0.1) is 18.6 Å². The molecule has 16 heteroatoms. The van der Waals surface area contributed by atoms with Crippen molar-refractivity contribution in [3.63, 3.8) is 0 Å². The molecule has 4 saturated heterocycles. The minimum Gasteiger partial charge on any atom is -0.472 e. The molecule has 3 N–H and O–H groups in total. The molecule has 0 saturated carbocycles. The normalized spacial score (nSPS) is 29.7. The SMILES string of the molecule is Cc1c(F)c(N)cc(-c2nc3c4c(nc(OC[C@]56CCCN5[C@@H](C(F)F)CC6)nc4c2F)N2C[C@H]4CC[C@H](N4)[C@H]2[C@H](C)O3)c1C(F)(F)F. The zero-order chi connectivity index (χ0) is 33.9. The fourth-order valence-corrected chi connectivity index (χ4v) is 8.91. The fraction of sp³-hybridized carbons (Fsp3) is 0.594. The number of rotatable bonds is 5. The highest BCUT2D eigenvalue weighted by Crippen LogP contribution is 2.48. The van der Waals surface area contributed by atoms with E-state index in [-0.39, 0.29) is 53.3 Å². The Morgan fingerprint density at radius 3 is 2.67 bits per heavy atom. The first kappa shape index (κ1) is 31.6. The molecular formula is C32H34F7N7O2. The van der Waals surface area contributed by atoms with Gasteiger partial charge >= 0.3 is 12.2 Å². The molecule has 2 bridgehead atoms. The van der Waals surface area contributed by atoms with E-state index in [1.807, 2.05) is 4.90 Å². The van der Waals surface area contributed by atoms with Crippen LogP contribution in [0.25, 0.3) is 22.2 Å². The smallest absolute Gasteiger partial charge is 0.417 e. The summed E-state index contributed by atoms with van der Waals surface area (Å²) in [5.41, 5.74) is 0.343. The monoisotopic (exact) mass is 681 g/mol. The number of anilines is 2. The number of piperazine rings is 1. The molecule has 5 aliphatic heterocycles. The van der Waals surface area contributed by atoms with Gasteiger partial charge in [-0.05, 0) is 70.5 Å². The molecule has 8 rings (SSSR count). The van der Waals surface area contributed by atoms with Crippen LogP contribution < -0.4 is 25.4 Å². The Balaban J connectivity index is 1.31. The highest BCUT2D eigenvalue weighted by Gasteiger charge is 2.53. The molecule has 3 aromatic rings. The Bertz CT molecular complexity index is 1810. The molecule has 5 aliphatic rings. The second-order valence-corrected chi connectivity index (χ2v) is 13.7. The second-order valence-electron chi connectivity index (χ2n) is 13.7. The van der Waals surface area contributed by atoms with Gasteiger partial charge in [-0.2, -0.15) is 23.1 Å².